The molecule has 0 spiro atoms. The lowest BCUT2D eigenvalue weighted by molar-refractivity contribution is -0.0637. The van der Waals surface area contributed by atoms with Gasteiger partial charge in [-0.1, -0.05) is 122 Å². The van der Waals surface area contributed by atoms with Crippen LogP contribution in [-0.2, 0) is 18.3 Å². The minimum absolute atomic E-state index is 0.215. The quantitative estimate of drug-likeness (QED) is 0.0296. The number of nitriles is 1. The average Bonchev–Trinajstić information content (AvgIpc) is 3.74. The van der Waals surface area contributed by atoms with Gasteiger partial charge in [0, 0.05) is 13.3 Å². The van der Waals surface area contributed by atoms with E-state index in [0.29, 0.717) is 28.9 Å². The number of hydrogen-bond donors (Lipinski definition) is 4. The Bertz CT molecular complexity index is 1740. The Balaban J connectivity index is 1.21. The van der Waals surface area contributed by atoms with E-state index in [1.165, 1.54) is 120 Å². The lowest BCUT2D eigenvalue weighted by Gasteiger charge is -2.28. The highest BCUT2D eigenvalue weighted by atomic mass is 31.2. The molecule has 0 bridgehead atoms. The summed E-state index contributed by atoms with van der Waals surface area (Å²) in [7, 11) is -3.30. The number of phosphoric ester groups is 1. The molecule has 57 heavy (non-hydrogen) atoms. The van der Waals surface area contributed by atoms with Gasteiger partial charge < -0.3 is 30.3 Å². The van der Waals surface area contributed by atoms with Crippen LogP contribution in [0, 0.1) is 11.3 Å². The van der Waals surface area contributed by atoms with Gasteiger partial charge in [-0.25, -0.2) is 14.1 Å². The Kier molecular flexibility index (Phi) is 19.9. The van der Waals surface area contributed by atoms with E-state index in [1.54, 1.807) is 36.4 Å². The van der Waals surface area contributed by atoms with Crippen LogP contribution in [-0.4, -0.2) is 80.1 Å². The molecule has 1 aliphatic rings. The predicted molar refractivity (Wildman–Crippen MR) is 221 cm³/mol. The van der Waals surface area contributed by atoms with E-state index in [4.69, 9.17) is 24.3 Å². The number of anilines is 1. The van der Waals surface area contributed by atoms with Crippen molar-refractivity contribution >= 4 is 25.4 Å². The van der Waals surface area contributed by atoms with Crippen molar-refractivity contribution in [2.24, 2.45) is 4.99 Å². The minimum atomic E-state index is -4.74. The van der Waals surface area contributed by atoms with E-state index in [2.05, 4.69) is 28.1 Å². The molecule has 1 saturated heterocycles. The van der Waals surface area contributed by atoms with E-state index in [-0.39, 0.29) is 12.4 Å². The summed E-state index contributed by atoms with van der Waals surface area (Å²) in [4.78, 5) is 18.7. The number of rotatable bonds is 29. The SMILES string of the molecule is CCCCCCCCCCCCCCCCCCCC[C@H](COP(=O)(O)OC[C@@]1(C=NC)O[C@@H](c2ccc3c(N)ncnn23)[C@H](O)[C@@H]1O)Oc1cccc(C#N)c1. The number of aliphatic imine (C=N–C) groups is 1. The number of unbranched alkanes of at least 4 members (excludes halogenated alkanes) is 17. The van der Waals surface area contributed by atoms with E-state index in [9.17, 15) is 24.9 Å². The lowest BCUT2D eigenvalue weighted by atomic mass is 9.96. The maximum Gasteiger partial charge on any atom is 0.472 e. The molecule has 5 N–H and O–H groups in total. The molecule has 3 heterocycles. The summed E-state index contributed by atoms with van der Waals surface area (Å²) in [5, 5.41) is 35.8. The first kappa shape index (κ1) is 46.3. The molecule has 316 valence electrons. The van der Waals surface area contributed by atoms with E-state index >= 15 is 0 Å². The van der Waals surface area contributed by atoms with Crippen LogP contribution in [0.25, 0.3) is 5.52 Å². The second kappa shape index (κ2) is 24.5. The number of fused-ring (bicyclic) bond motifs is 1. The number of benzene rings is 1. The Morgan fingerprint density at radius 3 is 2.18 bits per heavy atom. The summed E-state index contributed by atoms with van der Waals surface area (Å²) in [6.07, 6.45) is 21.1. The van der Waals surface area contributed by atoms with Crippen LogP contribution in [0.4, 0.5) is 5.82 Å². The first-order chi connectivity index (χ1) is 27.6. The van der Waals surface area contributed by atoms with Gasteiger partial charge >= 0.3 is 7.82 Å². The molecule has 1 fully saturated rings. The van der Waals surface area contributed by atoms with Gasteiger partial charge in [0.05, 0.1) is 30.5 Å². The molecule has 0 amide bonds. The Morgan fingerprint density at radius 2 is 1.58 bits per heavy atom. The number of hydrogen-bond acceptors (Lipinski definition) is 12. The van der Waals surface area contributed by atoms with E-state index < -0.39 is 44.4 Å². The maximum absolute atomic E-state index is 13.3. The molecule has 0 saturated carbocycles. The molecular weight excluding hydrogens is 747 g/mol. The molecule has 1 unspecified atom stereocenters. The fourth-order valence-corrected chi connectivity index (χ4v) is 8.21. The third-order valence-corrected chi connectivity index (χ3v) is 11.6. The van der Waals surface area contributed by atoms with Crippen molar-refractivity contribution in [1.82, 2.24) is 14.6 Å². The molecule has 14 nitrogen and oxygen atoms in total. The Hall–Kier alpha value is -3.41. The number of ether oxygens (including phenoxy) is 2. The van der Waals surface area contributed by atoms with Crippen molar-refractivity contribution in [2.75, 3.05) is 26.0 Å². The standard InChI is InChI=1S/C42H65N6O8P/c1-3-4-5-6-7-8-9-10-11-12-13-14-15-16-17-18-19-20-23-35(55-34-24-21-22-33(27-34)28-43)29-53-57(51,52)54-31-42(30-45-2)40(50)38(49)39(56-42)36-25-26-37-41(44)46-32-47-48(36)37/h21-22,24-27,30,32,35,38-40,49-50H,3-20,23,29,31H2,1-2H3,(H,51,52)(H2,44,46,47)/t35-,38+,39+,40+,42-/m1/s1. The van der Waals surface area contributed by atoms with Crippen molar-refractivity contribution in [1.29, 1.82) is 5.26 Å². The van der Waals surface area contributed by atoms with Gasteiger partial charge in [-0.2, -0.15) is 10.4 Å². The second-order valence-electron chi connectivity index (χ2n) is 15.2. The number of nitrogens with two attached hydrogens (primary N) is 1. The van der Waals surface area contributed by atoms with Crippen molar-refractivity contribution in [3.63, 3.8) is 0 Å². The van der Waals surface area contributed by atoms with Crippen LogP contribution >= 0.6 is 7.82 Å². The van der Waals surface area contributed by atoms with Crippen LogP contribution in [0.3, 0.4) is 0 Å². The molecule has 1 aromatic carbocycles. The second-order valence-corrected chi connectivity index (χ2v) is 16.7. The van der Waals surface area contributed by atoms with Crippen molar-refractivity contribution < 1.29 is 38.2 Å². The van der Waals surface area contributed by atoms with Crippen LogP contribution in [0.2, 0.25) is 0 Å². The van der Waals surface area contributed by atoms with Crippen LogP contribution < -0.4 is 10.5 Å². The highest BCUT2D eigenvalue weighted by Crippen LogP contribution is 2.47. The summed E-state index contributed by atoms with van der Waals surface area (Å²) >= 11 is 0. The molecule has 4 rings (SSSR count). The summed E-state index contributed by atoms with van der Waals surface area (Å²) in [6.45, 7) is 1.33. The van der Waals surface area contributed by atoms with Gasteiger partial charge in [-0.15, -0.1) is 0 Å². The first-order valence-electron chi connectivity index (χ1n) is 21.0. The van der Waals surface area contributed by atoms with Crippen molar-refractivity contribution in [3.05, 3.63) is 54.0 Å². The summed E-state index contributed by atoms with van der Waals surface area (Å²) in [5.74, 6) is 0.664. The number of aromatic nitrogens is 3. The molecule has 0 radical (unpaired) electrons. The molecule has 2 aromatic heterocycles. The molecule has 3 aromatic rings. The van der Waals surface area contributed by atoms with Crippen LogP contribution in [0.15, 0.2) is 47.7 Å². The number of aliphatic hydroxyl groups is 2. The first-order valence-corrected chi connectivity index (χ1v) is 22.5. The van der Waals surface area contributed by atoms with Crippen molar-refractivity contribution in [2.45, 2.75) is 159 Å². The third-order valence-electron chi connectivity index (χ3n) is 10.7. The van der Waals surface area contributed by atoms with Crippen LogP contribution in [0.5, 0.6) is 5.75 Å². The molecule has 0 aliphatic carbocycles. The zero-order chi connectivity index (χ0) is 40.9. The molecule has 6 atom stereocenters. The van der Waals surface area contributed by atoms with Gasteiger partial charge in [0.15, 0.2) is 11.4 Å². The van der Waals surface area contributed by atoms with Gasteiger partial charge in [-0.05, 0) is 43.2 Å². The molecule has 15 heteroatoms. The summed E-state index contributed by atoms with van der Waals surface area (Å²) in [6, 6.07) is 12.1. The number of phosphoric acid groups is 1. The predicted octanol–water partition coefficient (Wildman–Crippen LogP) is 8.43. The number of nitrogen functional groups attached to an aromatic ring is 1. The van der Waals surface area contributed by atoms with Crippen LogP contribution in [0.1, 0.15) is 146 Å². The molecular formula is C42H65N6O8P. The largest absolute Gasteiger partial charge is 0.488 e. The fraction of sp³-hybridized carbons (Fsp3) is 0.667. The average molecular weight is 813 g/mol. The monoisotopic (exact) mass is 812 g/mol. The zero-order valence-corrected chi connectivity index (χ0v) is 34.8. The lowest BCUT2D eigenvalue weighted by Crippen LogP contribution is -2.48. The van der Waals surface area contributed by atoms with Crippen molar-refractivity contribution in [3.8, 4) is 11.8 Å². The topological polar surface area (TPSA) is 207 Å². The highest BCUT2D eigenvalue weighted by molar-refractivity contribution is 7.47. The summed E-state index contributed by atoms with van der Waals surface area (Å²) < 4.78 is 37.8. The zero-order valence-electron chi connectivity index (χ0n) is 33.9. The van der Waals surface area contributed by atoms with Gasteiger partial charge in [0.2, 0.25) is 0 Å². The Labute approximate surface area is 338 Å². The number of aliphatic hydroxyl groups excluding tert-OH is 2. The van der Waals surface area contributed by atoms with E-state index in [1.807, 2.05) is 0 Å². The minimum Gasteiger partial charge on any atom is -0.488 e. The van der Waals surface area contributed by atoms with Gasteiger partial charge in [0.25, 0.3) is 0 Å². The number of nitrogens with zero attached hydrogens (tertiary/aromatic N) is 5. The summed E-state index contributed by atoms with van der Waals surface area (Å²) in [5.41, 5.74) is 5.44. The molecule has 1 aliphatic heterocycles. The Morgan fingerprint density at radius 1 is 0.965 bits per heavy atom. The highest BCUT2D eigenvalue weighted by Gasteiger charge is 2.55. The smallest absolute Gasteiger partial charge is 0.472 e. The fourth-order valence-electron chi connectivity index (χ4n) is 7.41. The normalized spacial score (nSPS) is 21.2. The van der Waals surface area contributed by atoms with E-state index in [0.717, 1.165) is 19.3 Å². The van der Waals surface area contributed by atoms with Gasteiger partial charge in [0.1, 0.15) is 42.0 Å². The third kappa shape index (κ3) is 14.7. The van der Waals surface area contributed by atoms with Gasteiger partial charge in [-0.3, -0.25) is 14.0 Å². The maximum atomic E-state index is 13.3.